The van der Waals surface area contributed by atoms with Crippen molar-refractivity contribution >= 4 is 11.7 Å². The van der Waals surface area contributed by atoms with E-state index in [1.165, 1.54) is 0 Å². The summed E-state index contributed by atoms with van der Waals surface area (Å²) >= 11 is 0. The lowest BCUT2D eigenvalue weighted by molar-refractivity contribution is 0.102. The van der Waals surface area contributed by atoms with Crippen molar-refractivity contribution in [3.63, 3.8) is 0 Å². The van der Waals surface area contributed by atoms with Crippen LogP contribution in [0, 0.1) is 0 Å². The van der Waals surface area contributed by atoms with Crippen molar-refractivity contribution in [2.45, 2.75) is 18.8 Å². The highest BCUT2D eigenvalue weighted by atomic mass is 16.1. The Bertz CT molecular complexity index is 616. The summed E-state index contributed by atoms with van der Waals surface area (Å²) in [5, 5.41) is 10.7. The van der Waals surface area contributed by atoms with Crippen LogP contribution in [0.1, 0.15) is 34.8 Å². The predicted molar refractivity (Wildman–Crippen MR) is 80.2 cm³/mol. The number of carbonyl (C=O) groups is 1. The van der Waals surface area contributed by atoms with Crippen LogP contribution in [0.25, 0.3) is 0 Å². The van der Waals surface area contributed by atoms with Crippen LogP contribution in [0.3, 0.4) is 0 Å². The van der Waals surface area contributed by atoms with Gasteiger partial charge in [0.05, 0.1) is 11.3 Å². The summed E-state index contributed by atoms with van der Waals surface area (Å²) < 4.78 is 1.71. The largest absolute Gasteiger partial charge is 0.316 e. The number of pyridine rings is 1. The number of carbonyl (C=O) groups excluding carboxylic acids is 1. The SMILES string of the molecule is Cn1cc(C(=O)Nc2ccccn2)c(C2CCCNC2)n1. The van der Waals surface area contributed by atoms with Gasteiger partial charge in [0.1, 0.15) is 5.82 Å². The average Bonchev–Trinajstić information content (AvgIpc) is 2.91. The number of hydrogen-bond acceptors (Lipinski definition) is 4. The Labute approximate surface area is 123 Å². The van der Waals surface area contributed by atoms with E-state index in [1.807, 2.05) is 19.2 Å². The maximum absolute atomic E-state index is 12.5. The quantitative estimate of drug-likeness (QED) is 0.897. The summed E-state index contributed by atoms with van der Waals surface area (Å²) in [6.07, 6.45) is 5.61. The summed E-state index contributed by atoms with van der Waals surface area (Å²) in [6, 6.07) is 5.44. The first kappa shape index (κ1) is 13.8. The van der Waals surface area contributed by atoms with Gasteiger partial charge in [-0.05, 0) is 31.5 Å². The van der Waals surface area contributed by atoms with Gasteiger partial charge in [-0.2, -0.15) is 5.10 Å². The molecule has 6 heteroatoms. The van der Waals surface area contributed by atoms with Crippen LogP contribution in [0.15, 0.2) is 30.6 Å². The number of hydrogen-bond donors (Lipinski definition) is 2. The summed E-state index contributed by atoms with van der Waals surface area (Å²) in [4.78, 5) is 16.6. The van der Waals surface area contributed by atoms with Crippen LogP contribution in [0.4, 0.5) is 5.82 Å². The molecule has 110 valence electrons. The van der Waals surface area contributed by atoms with Crippen LogP contribution in [-0.2, 0) is 7.05 Å². The fraction of sp³-hybridized carbons (Fsp3) is 0.400. The maximum Gasteiger partial charge on any atom is 0.260 e. The van der Waals surface area contributed by atoms with Crippen molar-refractivity contribution in [3.8, 4) is 0 Å². The van der Waals surface area contributed by atoms with Crippen molar-refractivity contribution < 1.29 is 4.79 Å². The molecule has 0 spiro atoms. The first-order valence-electron chi connectivity index (χ1n) is 7.20. The molecule has 6 nitrogen and oxygen atoms in total. The molecule has 2 aromatic rings. The molecule has 0 radical (unpaired) electrons. The van der Waals surface area contributed by atoms with E-state index >= 15 is 0 Å². The molecule has 0 bridgehead atoms. The number of nitrogens with one attached hydrogen (secondary N) is 2. The highest BCUT2D eigenvalue weighted by molar-refractivity contribution is 6.04. The number of nitrogens with zero attached hydrogens (tertiary/aromatic N) is 3. The second kappa shape index (κ2) is 6.05. The highest BCUT2D eigenvalue weighted by Crippen LogP contribution is 2.25. The van der Waals surface area contributed by atoms with E-state index in [0.717, 1.165) is 31.6 Å². The Morgan fingerprint density at radius 1 is 1.48 bits per heavy atom. The van der Waals surface area contributed by atoms with Crippen LogP contribution >= 0.6 is 0 Å². The fourth-order valence-electron chi connectivity index (χ4n) is 2.69. The van der Waals surface area contributed by atoms with Crippen molar-refractivity contribution in [2.24, 2.45) is 7.05 Å². The van der Waals surface area contributed by atoms with Crippen molar-refractivity contribution in [1.29, 1.82) is 0 Å². The zero-order chi connectivity index (χ0) is 14.7. The molecular formula is C15H19N5O. The van der Waals surface area contributed by atoms with Gasteiger partial charge in [0.25, 0.3) is 5.91 Å². The zero-order valence-electron chi connectivity index (χ0n) is 12.0. The third kappa shape index (κ3) is 3.11. The normalized spacial score (nSPS) is 18.4. The van der Waals surface area contributed by atoms with Gasteiger partial charge in [-0.3, -0.25) is 9.48 Å². The molecule has 0 aromatic carbocycles. The fourth-order valence-corrected chi connectivity index (χ4v) is 2.69. The lowest BCUT2D eigenvalue weighted by Gasteiger charge is -2.21. The Hall–Kier alpha value is -2.21. The lowest BCUT2D eigenvalue weighted by Crippen LogP contribution is -2.29. The second-order valence-corrected chi connectivity index (χ2v) is 5.31. The van der Waals surface area contributed by atoms with Crippen LogP contribution in [-0.4, -0.2) is 33.8 Å². The molecule has 1 unspecified atom stereocenters. The Morgan fingerprint density at radius 3 is 3.10 bits per heavy atom. The number of piperidine rings is 1. The van der Waals surface area contributed by atoms with Gasteiger partial charge in [0, 0.05) is 31.9 Å². The number of aryl methyl sites for hydroxylation is 1. The van der Waals surface area contributed by atoms with E-state index in [0.29, 0.717) is 17.3 Å². The predicted octanol–water partition coefficient (Wildman–Crippen LogP) is 1.53. The molecule has 0 aliphatic carbocycles. The number of anilines is 1. The molecule has 1 atom stereocenters. The van der Waals surface area contributed by atoms with E-state index in [9.17, 15) is 4.79 Å². The van der Waals surface area contributed by atoms with E-state index in [4.69, 9.17) is 0 Å². The van der Waals surface area contributed by atoms with Gasteiger partial charge in [-0.1, -0.05) is 6.07 Å². The molecule has 1 amide bonds. The smallest absolute Gasteiger partial charge is 0.260 e. The Morgan fingerprint density at radius 2 is 2.38 bits per heavy atom. The van der Waals surface area contributed by atoms with Crippen molar-refractivity contribution in [2.75, 3.05) is 18.4 Å². The van der Waals surface area contributed by atoms with Gasteiger partial charge in [-0.15, -0.1) is 0 Å². The molecule has 1 fully saturated rings. The maximum atomic E-state index is 12.5. The average molecular weight is 285 g/mol. The van der Waals surface area contributed by atoms with Crippen LogP contribution < -0.4 is 10.6 Å². The van der Waals surface area contributed by atoms with Gasteiger partial charge in [0.2, 0.25) is 0 Å². The second-order valence-electron chi connectivity index (χ2n) is 5.31. The minimum atomic E-state index is -0.151. The number of rotatable bonds is 3. The third-order valence-electron chi connectivity index (χ3n) is 3.69. The van der Waals surface area contributed by atoms with Crippen molar-refractivity contribution in [1.82, 2.24) is 20.1 Å². The standard InChI is InChI=1S/C15H19N5O/c1-20-10-12(14(19-20)11-5-4-7-16-9-11)15(21)18-13-6-2-3-8-17-13/h2-3,6,8,10-11,16H,4-5,7,9H2,1H3,(H,17,18,21). The third-order valence-corrected chi connectivity index (χ3v) is 3.69. The monoisotopic (exact) mass is 285 g/mol. The first-order valence-corrected chi connectivity index (χ1v) is 7.20. The summed E-state index contributed by atoms with van der Waals surface area (Å²) in [7, 11) is 1.84. The van der Waals surface area contributed by atoms with Crippen molar-refractivity contribution in [3.05, 3.63) is 41.9 Å². The minimum Gasteiger partial charge on any atom is -0.316 e. The molecule has 1 saturated heterocycles. The molecule has 0 saturated carbocycles. The molecular weight excluding hydrogens is 266 g/mol. The van der Waals surface area contributed by atoms with Gasteiger partial charge in [0.15, 0.2) is 0 Å². The minimum absolute atomic E-state index is 0.151. The van der Waals surface area contributed by atoms with E-state index in [-0.39, 0.29) is 5.91 Å². The number of aromatic nitrogens is 3. The van der Waals surface area contributed by atoms with E-state index in [1.54, 1.807) is 23.1 Å². The Kier molecular flexibility index (Phi) is 3.96. The van der Waals surface area contributed by atoms with Gasteiger partial charge < -0.3 is 10.6 Å². The molecule has 1 aliphatic heterocycles. The topological polar surface area (TPSA) is 71.8 Å². The highest BCUT2D eigenvalue weighted by Gasteiger charge is 2.24. The van der Waals surface area contributed by atoms with Gasteiger partial charge in [-0.25, -0.2) is 4.98 Å². The molecule has 3 heterocycles. The summed E-state index contributed by atoms with van der Waals surface area (Å²) in [5.74, 6) is 0.700. The molecule has 3 rings (SSSR count). The zero-order valence-corrected chi connectivity index (χ0v) is 12.0. The van der Waals surface area contributed by atoms with Crippen LogP contribution in [0.5, 0.6) is 0 Å². The Balaban J connectivity index is 1.82. The molecule has 1 aliphatic rings. The molecule has 2 N–H and O–H groups in total. The van der Waals surface area contributed by atoms with E-state index in [2.05, 4.69) is 20.7 Å². The molecule has 21 heavy (non-hydrogen) atoms. The van der Waals surface area contributed by atoms with E-state index < -0.39 is 0 Å². The molecule has 2 aromatic heterocycles. The first-order chi connectivity index (χ1) is 10.2. The lowest BCUT2D eigenvalue weighted by atomic mass is 9.93. The number of amides is 1. The van der Waals surface area contributed by atoms with Gasteiger partial charge >= 0.3 is 0 Å². The van der Waals surface area contributed by atoms with Crippen LogP contribution in [0.2, 0.25) is 0 Å². The summed E-state index contributed by atoms with van der Waals surface area (Å²) in [5.41, 5.74) is 1.51. The summed E-state index contributed by atoms with van der Waals surface area (Å²) in [6.45, 7) is 1.92.